The van der Waals surface area contributed by atoms with E-state index in [0.717, 1.165) is 11.1 Å². The third kappa shape index (κ3) is 8.50. The van der Waals surface area contributed by atoms with Crippen molar-refractivity contribution in [2.24, 2.45) is 5.92 Å². The second kappa shape index (κ2) is 12.4. The topological polar surface area (TPSA) is 90.9 Å². The maximum Gasteiger partial charge on any atom is 0.408 e. The molecule has 1 N–H and O–H groups in total. The summed E-state index contributed by atoms with van der Waals surface area (Å²) in [5, 5.41) is 2.56. The average Bonchev–Trinajstić information content (AvgIpc) is 2.77. The Balaban J connectivity index is 2.01. The molecule has 0 bridgehead atoms. The van der Waals surface area contributed by atoms with Crippen molar-refractivity contribution in [1.82, 2.24) is 5.32 Å². The number of amides is 1. The number of nitrogens with one attached hydrogen (secondary N) is 1. The van der Waals surface area contributed by atoms with Crippen LogP contribution in [0.5, 0.6) is 0 Å². The highest BCUT2D eigenvalue weighted by Crippen LogP contribution is 2.13. The SMILES string of the molecule is COC(=O)[C@H](Cc1ccccc1)OC(=O)[C@H](CC(C)C)NC(=O)OCc1ccccc1. The number of hydrogen-bond donors (Lipinski definition) is 1. The summed E-state index contributed by atoms with van der Waals surface area (Å²) in [5.74, 6) is -1.28. The first kappa shape index (κ1) is 23.9. The van der Waals surface area contributed by atoms with Gasteiger partial charge in [-0.05, 0) is 23.5 Å². The zero-order valence-electron chi connectivity index (χ0n) is 18.1. The minimum atomic E-state index is -1.11. The molecule has 0 saturated heterocycles. The van der Waals surface area contributed by atoms with Crippen molar-refractivity contribution in [3.05, 3.63) is 71.8 Å². The minimum absolute atomic E-state index is 0.0783. The van der Waals surface area contributed by atoms with Crippen LogP contribution in [0.4, 0.5) is 4.79 Å². The molecule has 7 nitrogen and oxygen atoms in total. The van der Waals surface area contributed by atoms with Crippen molar-refractivity contribution in [2.75, 3.05) is 7.11 Å². The Hall–Kier alpha value is -3.35. The van der Waals surface area contributed by atoms with E-state index in [2.05, 4.69) is 5.32 Å². The van der Waals surface area contributed by atoms with Crippen molar-refractivity contribution in [3.63, 3.8) is 0 Å². The fourth-order valence-corrected chi connectivity index (χ4v) is 2.95. The second-order valence-electron chi connectivity index (χ2n) is 7.53. The second-order valence-corrected chi connectivity index (χ2v) is 7.53. The van der Waals surface area contributed by atoms with Crippen LogP contribution in [0.2, 0.25) is 0 Å². The highest BCUT2D eigenvalue weighted by Gasteiger charge is 2.30. The lowest BCUT2D eigenvalue weighted by Gasteiger charge is -2.22. The van der Waals surface area contributed by atoms with Gasteiger partial charge in [0.25, 0.3) is 0 Å². The van der Waals surface area contributed by atoms with E-state index in [4.69, 9.17) is 14.2 Å². The predicted molar refractivity (Wildman–Crippen MR) is 115 cm³/mol. The molecule has 0 unspecified atom stereocenters. The molecule has 0 radical (unpaired) electrons. The van der Waals surface area contributed by atoms with Crippen LogP contribution in [-0.2, 0) is 36.8 Å². The fourth-order valence-electron chi connectivity index (χ4n) is 2.95. The molecule has 2 aromatic rings. The van der Waals surface area contributed by atoms with Gasteiger partial charge in [-0.15, -0.1) is 0 Å². The Morgan fingerprint density at radius 3 is 2.00 bits per heavy atom. The highest BCUT2D eigenvalue weighted by atomic mass is 16.6. The molecular formula is C24H29NO6. The third-order valence-electron chi connectivity index (χ3n) is 4.48. The molecule has 0 fully saturated rings. The molecule has 166 valence electrons. The van der Waals surface area contributed by atoms with Crippen molar-refractivity contribution in [2.45, 2.75) is 45.4 Å². The van der Waals surface area contributed by atoms with Gasteiger partial charge in [0.1, 0.15) is 12.6 Å². The van der Waals surface area contributed by atoms with E-state index in [1.807, 2.05) is 74.5 Å². The molecule has 0 aliphatic carbocycles. The predicted octanol–water partition coefficient (Wildman–Crippen LogP) is 3.66. The summed E-state index contributed by atoms with van der Waals surface area (Å²) in [7, 11) is 1.24. The van der Waals surface area contributed by atoms with Crippen LogP contribution in [-0.4, -0.2) is 37.3 Å². The standard InChI is InChI=1S/C24H29NO6/c1-17(2)14-20(25-24(28)30-16-19-12-8-5-9-13-19)22(26)31-21(23(27)29-3)15-18-10-6-4-7-11-18/h4-13,17,20-21H,14-16H2,1-3H3,(H,25,28)/t20-,21-/m0/s1. The summed E-state index contributed by atoms with van der Waals surface area (Å²) < 4.78 is 15.4. The highest BCUT2D eigenvalue weighted by molar-refractivity contribution is 5.84. The first-order valence-electron chi connectivity index (χ1n) is 10.2. The third-order valence-corrected chi connectivity index (χ3v) is 4.48. The lowest BCUT2D eigenvalue weighted by Crippen LogP contribution is -2.45. The van der Waals surface area contributed by atoms with Gasteiger partial charge >= 0.3 is 18.0 Å². The smallest absolute Gasteiger partial charge is 0.408 e. The Kier molecular flexibility index (Phi) is 9.55. The van der Waals surface area contributed by atoms with E-state index < -0.39 is 30.2 Å². The van der Waals surface area contributed by atoms with Gasteiger partial charge in [-0.2, -0.15) is 0 Å². The number of carbonyl (C=O) groups excluding carboxylic acids is 3. The summed E-state index contributed by atoms with van der Waals surface area (Å²) in [6.07, 6.45) is -1.34. The van der Waals surface area contributed by atoms with Crippen LogP contribution >= 0.6 is 0 Å². The Morgan fingerprint density at radius 2 is 1.45 bits per heavy atom. The fraction of sp³-hybridized carbons (Fsp3) is 0.375. The van der Waals surface area contributed by atoms with E-state index >= 15 is 0 Å². The van der Waals surface area contributed by atoms with Crippen LogP contribution < -0.4 is 5.32 Å². The van der Waals surface area contributed by atoms with Crippen LogP contribution in [0.1, 0.15) is 31.4 Å². The summed E-state index contributed by atoms with van der Waals surface area (Å²) in [5.41, 5.74) is 1.65. The number of ether oxygens (including phenoxy) is 3. The van der Waals surface area contributed by atoms with Crippen LogP contribution in [0, 0.1) is 5.92 Å². The average molecular weight is 427 g/mol. The molecule has 0 aromatic heterocycles. The molecule has 31 heavy (non-hydrogen) atoms. The number of alkyl carbamates (subject to hydrolysis) is 1. The van der Waals surface area contributed by atoms with Gasteiger partial charge in [-0.3, -0.25) is 0 Å². The van der Waals surface area contributed by atoms with Gasteiger partial charge in [0.05, 0.1) is 7.11 Å². The van der Waals surface area contributed by atoms with Gasteiger partial charge in [0.15, 0.2) is 0 Å². The molecule has 0 heterocycles. The largest absolute Gasteiger partial charge is 0.466 e. The monoisotopic (exact) mass is 427 g/mol. The Morgan fingerprint density at radius 1 is 0.871 bits per heavy atom. The van der Waals surface area contributed by atoms with Crippen molar-refractivity contribution in [1.29, 1.82) is 0 Å². The molecule has 2 atom stereocenters. The summed E-state index contributed by atoms with van der Waals surface area (Å²) in [4.78, 5) is 37.2. The molecule has 0 saturated carbocycles. The summed E-state index contributed by atoms with van der Waals surface area (Å²) >= 11 is 0. The molecule has 0 spiro atoms. The van der Waals surface area contributed by atoms with Crippen LogP contribution in [0.15, 0.2) is 60.7 Å². The lowest BCUT2D eigenvalue weighted by atomic mass is 10.0. The Labute approximate surface area is 182 Å². The molecule has 0 aliphatic rings. The van der Waals surface area contributed by atoms with E-state index in [1.54, 1.807) is 0 Å². The van der Waals surface area contributed by atoms with Crippen molar-refractivity contribution < 1.29 is 28.6 Å². The maximum atomic E-state index is 12.8. The molecular weight excluding hydrogens is 398 g/mol. The van der Waals surface area contributed by atoms with Gasteiger partial charge < -0.3 is 19.5 Å². The number of esters is 2. The van der Waals surface area contributed by atoms with Gasteiger partial charge in [0.2, 0.25) is 6.10 Å². The first-order chi connectivity index (χ1) is 14.9. The van der Waals surface area contributed by atoms with Crippen molar-refractivity contribution in [3.8, 4) is 0 Å². The number of benzene rings is 2. The van der Waals surface area contributed by atoms with Crippen LogP contribution in [0.25, 0.3) is 0 Å². The quantitative estimate of drug-likeness (QED) is 0.460. The summed E-state index contributed by atoms with van der Waals surface area (Å²) in [6, 6.07) is 17.4. The van der Waals surface area contributed by atoms with E-state index in [-0.39, 0.29) is 18.9 Å². The number of methoxy groups -OCH3 is 1. The van der Waals surface area contributed by atoms with E-state index in [1.165, 1.54) is 7.11 Å². The first-order valence-corrected chi connectivity index (χ1v) is 10.2. The molecule has 7 heteroatoms. The number of hydrogen-bond acceptors (Lipinski definition) is 6. The van der Waals surface area contributed by atoms with Gasteiger partial charge in [-0.1, -0.05) is 74.5 Å². The van der Waals surface area contributed by atoms with E-state index in [9.17, 15) is 14.4 Å². The van der Waals surface area contributed by atoms with Gasteiger partial charge in [0, 0.05) is 6.42 Å². The zero-order valence-corrected chi connectivity index (χ0v) is 18.1. The van der Waals surface area contributed by atoms with E-state index in [0.29, 0.717) is 6.42 Å². The molecule has 2 aromatic carbocycles. The summed E-state index contributed by atoms with van der Waals surface area (Å²) in [6.45, 7) is 3.91. The van der Waals surface area contributed by atoms with Crippen LogP contribution in [0.3, 0.4) is 0 Å². The van der Waals surface area contributed by atoms with Crippen molar-refractivity contribution >= 4 is 18.0 Å². The minimum Gasteiger partial charge on any atom is -0.466 e. The molecule has 1 amide bonds. The number of carbonyl (C=O) groups is 3. The number of rotatable bonds is 10. The molecule has 0 aliphatic heterocycles. The van der Waals surface area contributed by atoms with Gasteiger partial charge in [-0.25, -0.2) is 14.4 Å². The maximum absolute atomic E-state index is 12.8. The molecule has 2 rings (SSSR count). The Bertz CT molecular complexity index is 838. The normalized spacial score (nSPS) is 12.5. The lowest BCUT2D eigenvalue weighted by molar-refractivity contribution is -0.167. The zero-order chi connectivity index (χ0) is 22.6.